The zero-order valence-electron chi connectivity index (χ0n) is 19.0. The van der Waals surface area contributed by atoms with Crippen LogP contribution < -0.4 is 4.74 Å². The highest BCUT2D eigenvalue weighted by Crippen LogP contribution is 2.50. The number of hydrogen-bond donors (Lipinski definition) is 2. The van der Waals surface area contributed by atoms with E-state index < -0.39 is 21.3 Å². The van der Waals surface area contributed by atoms with Crippen molar-refractivity contribution in [3.05, 3.63) is 59.5 Å². The first-order valence-corrected chi connectivity index (χ1v) is 13.1. The van der Waals surface area contributed by atoms with Gasteiger partial charge in [0.05, 0.1) is 24.7 Å². The predicted molar refractivity (Wildman–Crippen MR) is 126 cm³/mol. The lowest BCUT2D eigenvalue weighted by Crippen LogP contribution is -2.67. The van der Waals surface area contributed by atoms with E-state index in [1.807, 2.05) is 18.2 Å². The van der Waals surface area contributed by atoms with E-state index in [1.54, 1.807) is 7.11 Å². The third-order valence-corrected chi connectivity index (χ3v) is 9.39. The second-order valence-electron chi connectivity index (χ2n) is 9.91. The summed E-state index contributed by atoms with van der Waals surface area (Å²) in [5.41, 5.74) is 2.56. The molecule has 0 unspecified atom stereocenters. The lowest BCUT2D eigenvalue weighted by atomic mass is 9.70. The lowest BCUT2D eigenvalue weighted by molar-refractivity contribution is 0.0279. The smallest absolute Gasteiger partial charge is 0.243 e. The highest BCUT2D eigenvalue weighted by Gasteiger charge is 2.56. The first kappa shape index (κ1) is 22.0. The summed E-state index contributed by atoms with van der Waals surface area (Å²) in [6.07, 6.45) is 2.39. The van der Waals surface area contributed by atoms with Gasteiger partial charge in [0.2, 0.25) is 10.0 Å². The number of nitrogens with one attached hydrogen (secondary N) is 1. The van der Waals surface area contributed by atoms with Gasteiger partial charge in [-0.05, 0) is 54.7 Å². The van der Waals surface area contributed by atoms with E-state index in [1.165, 1.54) is 35.3 Å². The lowest BCUT2D eigenvalue weighted by Gasteiger charge is -2.55. The average molecular weight is 486 g/mol. The van der Waals surface area contributed by atoms with E-state index in [4.69, 9.17) is 4.74 Å². The van der Waals surface area contributed by atoms with E-state index in [0.29, 0.717) is 25.6 Å². The molecule has 0 bridgehead atoms. The largest absolute Gasteiger partial charge is 0.497 e. The van der Waals surface area contributed by atoms with Gasteiger partial charge in [-0.3, -0.25) is 4.90 Å². The van der Waals surface area contributed by atoms with Crippen molar-refractivity contribution < 1.29 is 22.7 Å². The van der Waals surface area contributed by atoms with Gasteiger partial charge in [-0.15, -0.1) is 0 Å². The SMILES string of the molecule is COc1ccc2c3c([nH]c2c1)[C@@H](CO)N(CC1CC1)CC31CN(S(=O)(=O)c2cccc(F)c2)C1. The van der Waals surface area contributed by atoms with Crippen LogP contribution in [-0.2, 0) is 15.4 Å². The topological polar surface area (TPSA) is 85.9 Å². The highest BCUT2D eigenvalue weighted by atomic mass is 32.2. The fourth-order valence-electron chi connectivity index (χ4n) is 5.77. The summed E-state index contributed by atoms with van der Waals surface area (Å²) in [5, 5.41) is 11.4. The molecule has 2 aliphatic heterocycles. The third-order valence-electron chi connectivity index (χ3n) is 7.60. The maximum atomic E-state index is 13.8. The summed E-state index contributed by atoms with van der Waals surface area (Å²) in [5.74, 6) is 0.798. The Kier molecular flexibility index (Phi) is 5.04. The Balaban J connectivity index is 1.42. The fourth-order valence-corrected chi connectivity index (χ4v) is 7.41. The van der Waals surface area contributed by atoms with Gasteiger partial charge in [-0.2, -0.15) is 4.31 Å². The van der Waals surface area contributed by atoms with Gasteiger partial charge in [-0.1, -0.05) is 6.07 Å². The highest BCUT2D eigenvalue weighted by molar-refractivity contribution is 7.89. The van der Waals surface area contributed by atoms with E-state index >= 15 is 0 Å². The van der Waals surface area contributed by atoms with Crippen LogP contribution in [0.15, 0.2) is 47.4 Å². The number of sulfonamides is 1. The minimum atomic E-state index is -3.80. The molecule has 2 N–H and O–H groups in total. The number of hydrogen-bond acceptors (Lipinski definition) is 5. The molecule has 1 aliphatic carbocycles. The van der Waals surface area contributed by atoms with Crippen molar-refractivity contribution in [2.45, 2.75) is 29.2 Å². The molecule has 1 saturated heterocycles. The molecule has 7 nitrogen and oxygen atoms in total. The van der Waals surface area contributed by atoms with Gasteiger partial charge in [0.15, 0.2) is 0 Å². The molecule has 2 fully saturated rings. The molecule has 3 aromatic rings. The molecule has 3 heterocycles. The Morgan fingerprint density at radius 1 is 1.18 bits per heavy atom. The maximum Gasteiger partial charge on any atom is 0.243 e. The number of aromatic amines is 1. The number of aliphatic hydroxyl groups is 1. The van der Waals surface area contributed by atoms with Gasteiger partial charge in [-0.25, -0.2) is 12.8 Å². The maximum absolute atomic E-state index is 13.8. The molecule has 9 heteroatoms. The number of methoxy groups -OCH3 is 1. The molecule has 1 saturated carbocycles. The molecule has 1 atom stereocenters. The van der Waals surface area contributed by atoms with Gasteiger partial charge in [0.25, 0.3) is 0 Å². The van der Waals surface area contributed by atoms with Crippen molar-refractivity contribution in [2.24, 2.45) is 5.92 Å². The number of H-pyrrole nitrogens is 1. The van der Waals surface area contributed by atoms with Crippen molar-refractivity contribution in [3.8, 4) is 5.75 Å². The first-order chi connectivity index (χ1) is 16.3. The number of nitrogens with zero attached hydrogens (tertiary/aromatic N) is 2. The van der Waals surface area contributed by atoms with Crippen LogP contribution in [0.4, 0.5) is 4.39 Å². The normalized spacial score (nSPS) is 22.6. The second-order valence-corrected chi connectivity index (χ2v) is 11.8. The van der Waals surface area contributed by atoms with Crippen LogP contribution in [-0.4, -0.2) is 67.6 Å². The van der Waals surface area contributed by atoms with Crippen LogP contribution in [0, 0.1) is 11.7 Å². The van der Waals surface area contributed by atoms with E-state index in [2.05, 4.69) is 9.88 Å². The van der Waals surface area contributed by atoms with E-state index in [-0.39, 0.29) is 17.5 Å². The molecule has 1 spiro atoms. The number of fused-ring (bicyclic) bond motifs is 4. The quantitative estimate of drug-likeness (QED) is 0.561. The average Bonchev–Trinajstić information content (AvgIpc) is 3.53. The Labute approximate surface area is 198 Å². The van der Waals surface area contributed by atoms with Gasteiger partial charge in [0, 0.05) is 54.3 Å². The summed E-state index contributed by atoms with van der Waals surface area (Å²) in [6.45, 7) is 2.19. The van der Waals surface area contributed by atoms with Crippen molar-refractivity contribution >= 4 is 20.9 Å². The summed E-state index contributed by atoms with van der Waals surface area (Å²) in [6, 6.07) is 10.9. The van der Waals surface area contributed by atoms with Crippen LogP contribution in [0.3, 0.4) is 0 Å². The van der Waals surface area contributed by atoms with Crippen molar-refractivity contribution in [3.63, 3.8) is 0 Å². The molecule has 6 rings (SSSR count). The molecular weight excluding hydrogens is 457 g/mol. The van der Waals surface area contributed by atoms with Crippen LogP contribution >= 0.6 is 0 Å². The Morgan fingerprint density at radius 2 is 1.97 bits per heavy atom. The van der Waals surface area contributed by atoms with Crippen molar-refractivity contribution in [1.29, 1.82) is 0 Å². The number of benzene rings is 2. The molecule has 3 aliphatic rings. The molecule has 34 heavy (non-hydrogen) atoms. The summed E-state index contributed by atoms with van der Waals surface area (Å²) in [4.78, 5) is 5.83. The zero-order valence-corrected chi connectivity index (χ0v) is 19.8. The fraction of sp³-hybridized carbons (Fsp3) is 0.440. The predicted octanol–water partition coefficient (Wildman–Crippen LogP) is 3.02. The van der Waals surface area contributed by atoms with E-state index in [9.17, 15) is 17.9 Å². The first-order valence-electron chi connectivity index (χ1n) is 11.7. The third kappa shape index (κ3) is 3.37. The second kappa shape index (κ2) is 7.78. The number of aromatic nitrogens is 1. The number of aliphatic hydroxyl groups excluding tert-OH is 1. The Hall–Kier alpha value is -2.46. The standard InChI is InChI=1S/C25H28FN3O4S/c1-33-18-7-8-20-21(10-18)27-24-22(12-30)28(11-16-5-6-16)13-25(23(20)24)14-29(15-25)34(31,32)19-4-2-3-17(26)9-19/h2-4,7-10,16,22,27,30H,5-6,11-15H2,1H3/t22-/m1/s1. The van der Waals surface area contributed by atoms with Crippen molar-refractivity contribution in [1.82, 2.24) is 14.2 Å². The van der Waals surface area contributed by atoms with Gasteiger partial charge < -0.3 is 14.8 Å². The number of rotatable bonds is 6. The van der Waals surface area contributed by atoms with Crippen LogP contribution in [0.2, 0.25) is 0 Å². The monoisotopic (exact) mass is 485 g/mol. The van der Waals surface area contributed by atoms with Gasteiger partial charge in [0.1, 0.15) is 11.6 Å². The molecule has 2 aromatic carbocycles. The Morgan fingerprint density at radius 3 is 2.65 bits per heavy atom. The van der Waals surface area contributed by atoms with Gasteiger partial charge >= 0.3 is 0 Å². The molecule has 1 aromatic heterocycles. The molecule has 0 radical (unpaired) electrons. The number of ether oxygens (including phenoxy) is 1. The Bertz CT molecular complexity index is 1360. The van der Waals surface area contributed by atoms with Crippen LogP contribution in [0.1, 0.15) is 30.1 Å². The molecule has 180 valence electrons. The molecule has 0 amide bonds. The summed E-state index contributed by atoms with van der Waals surface area (Å²) < 4.78 is 47.1. The summed E-state index contributed by atoms with van der Waals surface area (Å²) in [7, 11) is -2.18. The minimum absolute atomic E-state index is 0.00887. The zero-order chi connectivity index (χ0) is 23.7. The van der Waals surface area contributed by atoms with Crippen LogP contribution in [0.25, 0.3) is 10.9 Å². The number of halogens is 1. The van der Waals surface area contributed by atoms with Crippen LogP contribution in [0.5, 0.6) is 5.75 Å². The van der Waals surface area contributed by atoms with E-state index in [0.717, 1.165) is 40.5 Å². The summed E-state index contributed by atoms with van der Waals surface area (Å²) >= 11 is 0. The molecular formula is C25H28FN3O4S. The minimum Gasteiger partial charge on any atom is -0.497 e. The van der Waals surface area contributed by atoms with Crippen molar-refractivity contribution in [2.75, 3.05) is 39.9 Å².